The van der Waals surface area contributed by atoms with E-state index in [-0.39, 0.29) is 0 Å². The van der Waals surface area contributed by atoms with Crippen LogP contribution in [0.2, 0.25) is 0 Å². The van der Waals surface area contributed by atoms with Crippen LogP contribution >= 0.6 is 15.9 Å². The third kappa shape index (κ3) is 2.67. The molecule has 0 unspecified atom stereocenters. The van der Waals surface area contributed by atoms with Gasteiger partial charge in [0.1, 0.15) is 11.5 Å². The van der Waals surface area contributed by atoms with E-state index in [9.17, 15) is 0 Å². The summed E-state index contributed by atoms with van der Waals surface area (Å²) in [6, 6.07) is 6.06. The third-order valence-corrected chi connectivity index (χ3v) is 3.31. The van der Waals surface area contributed by atoms with Crippen molar-refractivity contribution >= 4 is 15.9 Å². The molecule has 2 aromatic rings. The molecule has 0 bridgehead atoms. The van der Waals surface area contributed by atoms with Crippen molar-refractivity contribution in [3.05, 3.63) is 51.8 Å². The summed E-state index contributed by atoms with van der Waals surface area (Å²) in [6.07, 6.45) is 3.45. The number of aromatic nitrogens is 1. The fraction of sp³-hybridized carbons (Fsp3) is 0.214. The SMILES string of the molecule is Cc1cc(C)c(C)c(Oc2ccncc2Br)c1. The highest BCUT2D eigenvalue weighted by Gasteiger charge is 2.07. The molecule has 0 aliphatic rings. The number of halogens is 1. The average molecular weight is 292 g/mol. The molecule has 0 radical (unpaired) electrons. The maximum Gasteiger partial charge on any atom is 0.144 e. The molecule has 0 atom stereocenters. The van der Waals surface area contributed by atoms with Gasteiger partial charge in [-0.2, -0.15) is 0 Å². The van der Waals surface area contributed by atoms with Gasteiger partial charge in [-0.1, -0.05) is 6.07 Å². The van der Waals surface area contributed by atoms with Crippen LogP contribution in [0.25, 0.3) is 0 Å². The topological polar surface area (TPSA) is 22.1 Å². The lowest BCUT2D eigenvalue weighted by molar-refractivity contribution is 0.474. The number of rotatable bonds is 2. The van der Waals surface area contributed by atoms with Gasteiger partial charge >= 0.3 is 0 Å². The van der Waals surface area contributed by atoms with E-state index in [0.29, 0.717) is 0 Å². The van der Waals surface area contributed by atoms with E-state index in [1.807, 2.05) is 6.07 Å². The Bertz CT molecular complexity index is 552. The molecular formula is C14H14BrNO. The van der Waals surface area contributed by atoms with E-state index in [4.69, 9.17) is 4.74 Å². The van der Waals surface area contributed by atoms with E-state index in [1.165, 1.54) is 16.7 Å². The number of hydrogen-bond donors (Lipinski definition) is 0. The Morgan fingerprint density at radius 2 is 1.88 bits per heavy atom. The van der Waals surface area contributed by atoms with Crippen molar-refractivity contribution in [3.63, 3.8) is 0 Å². The second-order valence-corrected chi connectivity index (χ2v) is 4.97. The Hall–Kier alpha value is -1.35. The molecule has 1 aromatic carbocycles. The van der Waals surface area contributed by atoms with Gasteiger partial charge in [0.2, 0.25) is 0 Å². The molecule has 0 aliphatic heterocycles. The van der Waals surface area contributed by atoms with E-state index < -0.39 is 0 Å². The van der Waals surface area contributed by atoms with Crippen LogP contribution < -0.4 is 4.74 Å². The molecule has 1 aromatic heterocycles. The predicted octanol–water partition coefficient (Wildman–Crippen LogP) is 4.56. The number of benzene rings is 1. The molecule has 88 valence electrons. The van der Waals surface area contributed by atoms with E-state index >= 15 is 0 Å². The van der Waals surface area contributed by atoms with Crippen LogP contribution in [0.15, 0.2) is 35.1 Å². The molecule has 2 rings (SSSR count). The zero-order valence-corrected chi connectivity index (χ0v) is 11.7. The molecule has 0 N–H and O–H groups in total. The Morgan fingerprint density at radius 1 is 1.12 bits per heavy atom. The maximum atomic E-state index is 5.91. The molecule has 0 saturated carbocycles. The molecule has 0 spiro atoms. The number of nitrogens with zero attached hydrogens (tertiary/aromatic N) is 1. The Kier molecular flexibility index (Phi) is 3.48. The highest BCUT2D eigenvalue weighted by Crippen LogP contribution is 2.32. The zero-order valence-electron chi connectivity index (χ0n) is 10.1. The van der Waals surface area contributed by atoms with Crippen molar-refractivity contribution < 1.29 is 4.74 Å². The van der Waals surface area contributed by atoms with Gasteiger partial charge < -0.3 is 4.74 Å². The van der Waals surface area contributed by atoms with E-state index in [2.05, 4.69) is 53.8 Å². The summed E-state index contributed by atoms with van der Waals surface area (Å²) in [5.74, 6) is 1.68. The van der Waals surface area contributed by atoms with Crippen LogP contribution in [-0.4, -0.2) is 4.98 Å². The van der Waals surface area contributed by atoms with Gasteiger partial charge in [0, 0.05) is 18.5 Å². The van der Waals surface area contributed by atoms with Crippen molar-refractivity contribution in [2.75, 3.05) is 0 Å². The zero-order chi connectivity index (χ0) is 12.4. The van der Waals surface area contributed by atoms with Crippen LogP contribution in [-0.2, 0) is 0 Å². The summed E-state index contributed by atoms with van der Waals surface area (Å²) in [6.45, 7) is 6.23. The molecular weight excluding hydrogens is 278 g/mol. The lowest BCUT2D eigenvalue weighted by Gasteiger charge is -2.12. The Morgan fingerprint density at radius 3 is 2.59 bits per heavy atom. The third-order valence-electron chi connectivity index (χ3n) is 2.72. The minimum atomic E-state index is 0.785. The molecule has 0 saturated heterocycles. The fourth-order valence-electron chi connectivity index (χ4n) is 1.67. The largest absolute Gasteiger partial charge is 0.456 e. The smallest absolute Gasteiger partial charge is 0.144 e. The Balaban J connectivity index is 2.40. The van der Waals surface area contributed by atoms with Crippen molar-refractivity contribution in [2.24, 2.45) is 0 Å². The van der Waals surface area contributed by atoms with Gasteiger partial charge in [0.25, 0.3) is 0 Å². The molecule has 0 aliphatic carbocycles. The summed E-state index contributed by atoms with van der Waals surface area (Å²) < 4.78 is 6.77. The summed E-state index contributed by atoms with van der Waals surface area (Å²) in [7, 11) is 0. The van der Waals surface area contributed by atoms with Crippen LogP contribution in [0.1, 0.15) is 16.7 Å². The fourth-order valence-corrected chi connectivity index (χ4v) is 2.00. The molecule has 0 amide bonds. The highest BCUT2D eigenvalue weighted by molar-refractivity contribution is 9.10. The molecule has 17 heavy (non-hydrogen) atoms. The van der Waals surface area contributed by atoms with Gasteiger partial charge in [-0.05, 0) is 59.5 Å². The summed E-state index contributed by atoms with van der Waals surface area (Å²) >= 11 is 3.43. The minimum Gasteiger partial charge on any atom is -0.456 e. The predicted molar refractivity (Wildman–Crippen MR) is 72.7 cm³/mol. The molecule has 3 heteroatoms. The monoisotopic (exact) mass is 291 g/mol. The first kappa shape index (κ1) is 12.1. The first-order chi connectivity index (χ1) is 8.08. The van der Waals surface area contributed by atoms with Crippen molar-refractivity contribution in [1.82, 2.24) is 4.98 Å². The first-order valence-corrected chi connectivity index (χ1v) is 6.22. The number of ether oxygens (including phenoxy) is 1. The average Bonchev–Trinajstić information content (AvgIpc) is 2.28. The normalized spacial score (nSPS) is 10.4. The molecule has 1 heterocycles. The number of hydrogen-bond acceptors (Lipinski definition) is 2. The van der Waals surface area contributed by atoms with Gasteiger partial charge in [-0.25, -0.2) is 0 Å². The number of aryl methyl sites for hydroxylation is 2. The van der Waals surface area contributed by atoms with Crippen LogP contribution in [0.3, 0.4) is 0 Å². The molecule has 0 fully saturated rings. The second kappa shape index (κ2) is 4.88. The highest BCUT2D eigenvalue weighted by atomic mass is 79.9. The minimum absolute atomic E-state index is 0.785. The van der Waals surface area contributed by atoms with Crippen molar-refractivity contribution in [3.8, 4) is 11.5 Å². The van der Waals surface area contributed by atoms with Crippen molar-refractivity contribution in [2.45, 2.75) is 20.8 Å². The quantitative estimate of drug-likeness (QED) is 0.809. The lowest BCUT2D eigenvalue weighted by Crippen LogP contribution is -1.92. The van der Waals surface area contributed by atoms with Gasteiger partial charge in [-0.3, -0.25) is 4.98 Å². The van der Waals surface area contributed by atoms with Gasteiger partial charge in [0.05, 0.1) is 4.47 Å². The standard InChI is InChI=1S/C14H14BrNO/c1-9-6-10(2)11(3)14(7-9)17-13-4-5-16-8-12(13)15/h4-8H,1-3H3. The van der Waals surface area contributed by atoms with E-state index in [0.717, 1.165) is 16.0 Å². The van der Waals surface area contributed by atoms with Crippen molar-refractivity contribution in [1.29, 1.82) is 0 Å². The van der Waals surface area contributed by atoms with E-state index in [1.54, 1.807) is 12.4 Å². The summed E-state index contributed by atoms with van der Waals surface area (Å²) in [5, 5.41) is 0. The summed E-state index contributed by atoms with van der Waals surface area (Å²) in [4.78, 5) is 4.02. The maximum absolute atomic E-state index is 5.91. The van der Waals surface area contributed by atoms with Gasteiger partial charge in [-0.15, -0.1) is 0 Å². The lowest BCUT2D eigenvalue weighted by atomic mass is 10.1. The number of pyridine rings is 1. The van der Waals surface area contributed by atoms with Crippen LogP contribution in [0.5, 0.6) is 11.5 Å². The van der Waals surface area contributed by atoms with Crippen LogP contribution in [0.4, 0.5) is 0 Å². The summed E-state index contributed by atoms with van der Waals surface area (Å²) in [5.41, 5.74) is 3.61. The second-order valence-electron chi connectivity index (χ2n) is 4.11. The Labute approximate surface area is 110 Å². The van der Waals surface area contributed by atoms with Gasteiger partial charge in [0.15, 0.2) is 0 Å². The first-order valence-electron chi connectivity index (χ1n) is 5.43. The van der Waals surface area contributed by atoms with Crippen LogP contribution in [0, 0.1) is 20.8 Å². The molecule has 2 nitrogen and oxygen atoms in total.